The van der Waals surface area contributed by atoms with Gasteiger partial charge in [0.1, 0.15) is 4.99 Å². The summed E-state index contributed by atoms with van der Waals surface area (Å²) < 4.78 is 0. The molecule has 2 fully saturated rings. The SMILES string of the molecule is Cc1cccc(C(N)=S)c1NC1CCN2CCCC2C1. The number of nitrogens with two attached hydrogens (primary N) is 1. The summed E-state index contributed by atoms with van der Waals surface area (Å²) in [7, 11) is 0. The highest BCUT2D eigenvalue weighted by molar-refractivity contribution is 7.80. The van der Waals surface area contributed by atoms with E-state index < -0.39 is 0 Å². The average molecular weight is 289 g/mol. The number of nitrogens with one attached hydrogen (secondary N) is 1. The molecule has 2 unspecified atom stereocenters. The Bertz CT molecular complexity index is 514. The fourth-order valence-corrected chi connectivity index (χ4v) is 3.79. The number of rotatable bonds is 3. The standard InChI is InChI=1S/C16H23N3S/c1-11-4-2-6-14(16(17)20)15(11)18-12-7-9-19-8-3-5-13(19)10-12/h2,4,6,12-13,18H,3,5,7-10H2,1H3,(H2,17,20). The number of aryl methyl sites for hydroxylation is 1. The lowest BCUT2D eigenvalue weighted by atomic mass is 9.96. The first-order chi connectivity index (χ1) is 9.65. The molecule has 0 aromatic heterocycles. The molecule has 3 nitrogen and oxygen atoms in total. The molecule has 2 aliphatic heterocycles. The number of anilines is 1. The number of fused-ring (bicyclic) bond motifs is 1. The fraction of sp³-hybridized carbons (Fsp3) is 0.562. The van der Waals surface area contributed by atoms with Gasteiger partial charge in [-0.05, 0) is 50.8 Å². The first-order valence-corrected chi connectivity index (χ1v) is 7.96. The second kappa shape index (κ2) is 5.70. The van der Waals surface area contributed by atoms with Crippen molar-refractivity contribution in [3.8, 4) is 0 Å². The van der Waals surface area contributed by atoms with Gasteiger partial charge in [0.15, 0.2) is 0 Å². The van der Waals surface area contributed by atoms with Crippen molar-refractivity contribution < 1.29 is 0 Å². The number of piperidine rings is 1. The summed E-state index contributed by atoms with van der Waals surface area (Å²) in [4.78, 5) is 3.12. The first-order valence-electron chi connectivity index (χ1n) is 7.55. The van der Waals surface area contributed by atoms with Crippen molar-refractivity contribution in [1.82, 2.24) is 4.90 Å². The molecule has 1 aromatic rings. The van der Waals surface area contributed by atoms with E-state index in [-0.39, 0.29) is 0 Å². The maximum absolute atomic E-state index is 5.86. The van der Waals surface area contributed by atoms with Crippen molar-refractivity contribution in [3.05, 3.63) is 29.3 Å². The van der Waals surface area contributed by atoms with Gasteiger partial charge in [0.05, 0.1) is 0 Å². The van der Waals surface area contributed by atoms with Crippen LogP contribution in [0.15, 0.2) is 18.2 Å². The van der Waals surface area contributed by atoms with Gasteiger partial charge >= 0.3 is 0 Å². The van der Waals surface area contributed by atoms with Crippen LogP contribution in [0.5, 0.6) is 0 Å². The van der Waals surface area contributed by atoms with Gasteiger partial charge in [-0.2, -0.15) is 0 Å². The number of thiocarbonyl (C=S) groups is 1. The number of hydrogen-bond donors (Lipinski definition) is 2. The van der Waals surface area contributed by atoms with Crippen molar-refractivity contribution in [2.24, 2.45) is 5.73 Å². The second-order valence-corrected chi connectivity index (χ2v) is 6.50. The third kappa shape index (κ3) is 2.67. The summed E-state index contributed by atoms with van der Waals surface area (Å²) in [6, 6.07) is 7.48. The number of para-hydroxylation sites is 1. The van der Waals surface area contributed by atoms with Crippen molar-refractivity contribution in [2.75, 3.05) is 18.4 Å². The van der Waals surface area contributed by atoms with Crippen LogP contribution < -0.4 is 11.1 Å². The molecular weight excluding hydrogens is 266 g/mol. The first kappa shape index (κ1) is 13.8. The molecular formula is C16H23N3S. The van der Waals surface area contributed by atoms with E-state index in [1.807, 2.05) is 12.1 Å². The second-order valence-electron chi connectivity index (χ2n) is 6.06. The minimum absolute atomic E-state index is 0.481. The third-order valence-corrected chi connectivity index (χ3v) is 4.93. The molecule has 0 aliphatic carbocycles. The maximum Gasteiger partial charge on any atom is 0.106 e. The van der Waals surface area contributed by atoms with E-state index >= 15 is 0 Å². The summed E-state index contributed by atoms with van der Waals surface area (Å²) in [5.41, 5.74) is 9.20. The van der Waals surface area contributed by atoms with Crippen LogP contribution >= 0.6 is 12.2 Å². The molecule has 2 aliphatic rings. The Labute approximate surface area is 126 Å². The molecule has 0 amide bonds. The van der Waals surface area contributed by atoms with Crippen LogP contribution in [-0.2, 0) is 0 Å². The van der Waals surface area contributed by atoms with Crippen molar-refractivity contribution in [2.45, 2.75) is 44.7 Å². The molecule has 108 valence electrons. The van der Waals surface area contributed by atoms with E-state index in [9.17, 15) is 0 Å². The molecule has 2 saturated heterocycles. The van der Waals surface area contributed by atoms with E-state index in [0.29, 0.717) is 11.0 Å². The molecule has 1 aromatic carbocycles. The maximum atomic E-state index is 5.86. The Morgan fingerprint density at radius 2 is 2.20 bits per heavy atom. The van der Waals surface area contributed by atoms with Gasteiger partial charge < -0.3 is 16.0 Å². The number of benzene rings is 1. The van der Waals surface area contributed by atoms with Crippen LogP contribution in [0.4, 0.5) is 5.69 Å². The zero-order chi connectivity index (χ0) is 14.1. The topological polar surface area (TPSA) is 41.3 Å². The van der Waals surface area contributed by atoms with Gasteiger partial charge in [-0.1, -0.05) is 24.4 Å². The number of nitrogens with zero attached hydrogens (tertiary/aromatic N) is 1. The van der Waals surface area contributed by atoms with Crippen LogP contribution in [-0.4, -0.2) is 35.1 Å². The highest BCUT2D eigenvalue weighted by Crippen LogP contribution is 2.30. The lowest BCUT2D eigenvalue weighted by Crippen LogP contribution is -2.43. The van der Waals surface area contributed by atoms with Gasteiger partial charge in [-0.3, -0.25) is 0 Å². The largest absolute Gasteiger partial charge is 0.389 e. The van der Waals surface area contributed by atoms with Crippen LogP contribution in [0.25, 0.3) is 0 Å². The minimum Gasteiger partial charge on any atom is -0.389 e. The molecule has 0 spiro atoms. The minimum atomic E-state index is 0.481. The van der Waals surface area contributed by atoms with Crippen LogP contribution in [0.3, 0.4) is 0 Å². The van der Waals surface area contributed by atoms with Gasteiger partial charge in [0.25, 0.3) is 0 Å². The van der Waals surface area contributed by atoms with Crippen LogP contribution in [0, 0.1) is 6.92 Å². The molecule has 0 saturated carbocycles. The summed E-state index contributed by atoms with van der Waals surface area (Å²) in [5, 5.41) is 3.72. The Balaban J connectivity index is 1.76. The zero-order valence-corrected chi connectivity index (χ0v) is 12.9. The monoisotopic (exact) mass is 289 g/mol. The Morgan fingerprint density at radius 3 is 3.00 bits per heavy atom. The predicted molar refractivity (Wildman–Crippen MR) is 88.3 cm³/mol. The molecule has 2 atom stereocenters. The Hall–Kier alpha value is -1.13. The van der Waals surface area contributed by atoms with Crippen LogP contribution in [0.1, 0.15) is 36.8 Å². The molecule has 3 rings (SSSR count). The molecule has 3 N–H and O–H groups in total. The molecule has 0 radical (unpaired) electrons. The quantitative estimate of drug-likeness (QED) is 0.840. The molecule has 0 bridgehead atoms. The van der Waals surface area contributed by atoms with Gasteiger partial charge in [-0.15, -0.1) is 0 Å². The van der Waals surface area contributed by atoms with E-state index in [1.165, 1.54) is 44.3 Å². The lowest BCUT2D eigenvalue weighted by molar-refractivity contribution is 0.188. The van der Waals surface area contributed by atoms with Crippen molar-refractivity contribution in [3.63, 3.8) is 0 Å². The van der Waals surface area contributed by atoms with E-state index in [2.05, 4.69) is 23.2 Å². The van der Waals surface area contributed by atoms with Gasteiger partial charge in [-0.25, -0.2) is 0 Å². The zero-order valence-electron chi connectivity index (χ0n) is 12.1. The summed E-state index contributed by atoms with van der Waals surface area (Å²) >= 11 is 5.18. The summed E-state index contributed by atoms with van der Waals surface area (Å²) in [5.74, 6) is 0. The third-order valence-electron chi connectivity index (χ3n) is 4.71. The lowest BCUT2D eigenvalue weighted by Gasteiger charge is -2.36. The van der Waals surface area contributed by atoms with Crippen molar-refractivity contribution >= 4 is 22.9 Å². The highest BCUT2D eigenvalue weighted by Gasteiger charge is 2.31. The van der Waals surface area contributed by atoms with Crippen LogP contribution in [0.2, 0.25) is 0 Å². The van der Waals surface area contributed by atoms with E-state index in [4.69, 9.17) is 18.0 Å². The molecule has 4 heteroatoms. The van der Waals surface area contributed by atoms with Crippen molar-refractivity contribution in [1.29, 1.82) is 0 Å². The smallest absolute Gasteiger partial charge is 0.106 e. The normalized spacial score (nSPS) is 26.2. The van der Waals surface area contributed by atoms with E-state index in [1.54, 1.807) is 0 Å². The molecule has 2 heterocycles. The molecule has 20 heavy (non-hydrogen) atoms. The Morgan fingerprint density at radius 1 is 1.35 bits per heavy atom. The fourth-order valence-electron chi connectivity index (χ4n) is 3.62. The van der Waals surface area contributed by atoms with Gasteiger partial charge in [0.2, 0.25) is 0 Å². The van der Waals surface area contributed by atoms with Gasteiger partial charge in [0, 0.05) is 29.9 Å². The van der Waals surface area contributed by atoms with E-state index in [0.717, 1.165) is 17.3 Å². The highest BCUT2D eigenvalue weighted by atomic mass is 32.1. The number of hydrogen-bond acceptors (Lipinski definition) is 3. The average Bonchev–Trinajstić information content (AvgIpc) is 2.88. The summed E-state index contributed by atoms with van der Waals surface area (Å²) in [6.07, 6.45) is 5.17. The predicted octanol–water partition coefficient (Wildman–Crippen LogP) is 2.67. The summed E-state index contributed by atoms with van der Waals surface area (Å²) in [6.45, 7) is 4.63. The Kier molecular flexibility index (Phi) is 3.94.